The van der Waals surface area contributed by atoms with Crippen molar-refractivity contribution in [3.8, 4) is 0 Å². The van der Waals surface area contributed by atoms with Crippen LogP contribution in [0.5, 0.6) is 0 Å². The highest BCUT2D eigenvalue weighted by molar-refractivity contribution is 6.31. The number of nitrogens with zero attached hydrogens (tertiary/aromatic N) is 1. The molecule has 3 heteroatoms. The van der Waals surface area contributed by atoms with Crippen LogP contribution in [0.4, 0.5) is 11.4 Å². The molecule has 0 amide bonds. The summed E-state index contributed by atoms with van der Waals surface area (Å²) in [4.78, 5) is 0. The Hall–Kier alpha value is -3.88. The largest absolute Gasteiger partial charge is 0.378 e. The highest BCUT2D eigenvalue weighted by Crippen LogP contribution is 2.45. The molecule has 4 aromatic carbocycles. The van der Waals surface area contributed by atoms with Crippen LogP contribution in [-0.4, -0.2) is 23.4 Å². The molecule has 0 radical (unpaired) electrons. The third-order valence-electron chi connectivity index (χ3n) is 8.74. The highest BCUT2D eigenvalue weighted by atomic mass is 35.5. The molecular weight excluding hydrogens is 508 g/mol. The lowest BCUT2D eigenvalue weighted by Gasteiger charge is -2.26. The number of halogens is 1. The molecule has 4 aromatic rings. The maximum absolute atomic E-state index is 6.58. The van der Waals surface area contributed by atoms with Crippen molar-refractivity contribution < 1.29 is 4.58 Å². The van der Waals surface area contributed by atoms with E-state index in [1.54, 1.807) is 0 Å². The third kappa shape index (κ3) is 4.32. The van der Waals surface area contributed by atoms with Gasteiger partial charge in [0.2, 0.25) is 5.69 Å². The molecule has 0 saturated heterocycles. The number of anilines is 1. The summed E-state index contributed by atoms with van der Waals surface area (Å²) in [5.74, 6) is 0. The summed E-state index contributed by atoms with van der Waals surface area (Å²) in [6.07, 6.45) is 14.5. The Labute approximate surface area is 242 Å². The van der Waals surface area contributed by atoms with Crippen LogP contribution in [0.1, 0.15) is 38.8 Å². The van der Waals surface area contributed by atoms with Gasteiger partial charge in [-0.05, 0) is 65.2 Å². The first-order valence-electron chi connectivity index (χ1n) is 14.0. The molecule has 0 aliphatic carbocycles. The Balaban J connectivity index is 1.16. The number of nitrogens with one attached hydrogen (secondary N) is 1. The van der Waals surface area contributed by atoms with Gasteiger partial charge >= 0.3 is 0 Å². The van der Waals surface area contributed by atoms with Crippen LogP contribution in [0.25, 0.3) is 21.5 Å². The van der Waals surface area contributed by atoms with Crippen LogP contribution in [0, 0.1) is 0 Å². The van der Waals surface area contributed by atoms with Gasteiger partial charge in [0.1, 0.15) is 7.05 Å². The summed E-state index contributed by atoms with van der Waals surface area (Å²) in [6, 6.07) is 26.3. The van der Waals surface area contributed by atoms with Crippen LogP contribution in [0.15, 0.2) is 120 Å². The highest BCUT2D eigenvalue weighted by Gasteiger charge is 2.44. The molecule has 1 atom stereocenters. The van der Waals surface area contributed by atoms with E-state index in [0.717, 1.165) is 0 Å². The van der Waals surface area contributed by atoms with E-state index in [1.807, 2.05) is 18.2 Å². The molecular formula is C37H36ClN2+. The molecule has 200 valence electrons. The van der Waals surface area contributed by atoms with Gasteiger partial charge < -0.3 is 5.32 Å². The monoisotopic (exact) mass is 543 g/mol. The molecule has 0 spiro atoms. The zero-order valence-electron chi connectivity index (χ0n) is 23.9. The van der Waals surface area contributed by atoms with E-state index in [1.165, 1.54) is 49.8 Å². The van der Waals surface area contributed by atoms with Gasteiger partial charge in [0.15, 0.2) is 5.71 Å². The van der Waals surface area contributed by atoms with E-state index < -0.39 is 0 Å². The van der Waals surface area contributed by atoms with Crippen molar-refractivity contribution in [1.82, 2.24) is 0 Å². The Kier molecular flexibility index (Phi) is 6.55. The van der Waals surface area contributed by atoms with Crippen molar-refractivity contribution in [2.24, 2.45) is 0 Å². The number of hydrogen-bond donors (Lipinski definition) is 1. The van der Waals surface area contributed by atoms with Crippen molar-refractivity contribution in [3.63, 3.8) is 0 Å². The summed E-state index contributed by atoms with van der Waals surface area (Å²) in [5.41, 5.74) is 6.38. The van der Waals surface area contributed by atoms with Crippen LogP contribution in [-0.2, 0) is 10.8 Å². The minimum atomic E-state index is -0.107. The average molecular weight is 544 g/mol. The number of allylic oxidation sites excluding steroid dienone is 7. The van der Waals surface area contributed by atoms with E-state index in [9.17, 15) is 0 Å². The third-order valence-corrected chi connectivity index (χ3v) is 8.99. The lowest BCUT2D eigenvalue weighted by atomic mass is 9.78. The molecule has 0 saturated carbocycles. The molecule has 1 unspecified atom stereocenters. The SMILES string of the molecule is C[N+]1=C(C=CC=C(Cl)C=CC=CC2Nc3ccc4ccccc4c3C2(C)C)C(C)(C)c2c1ccc1ccccc21. The standard InChI is InChI=1S/C37H36ClN2/c1-36(2)32(39-30-23-21-25-13-6-9-17-28(25)34(30)36)19-11-8-15-27(38)16-12-20-33-37(3,4)35-29-18-10-7-14-26(29)22-24-31(35)40(33)5/h6-24,32,39H,1-5H3/q+1. The molecule has 6 rings (SSSR count). The van der Waals surface area contributed by atoms with Gasteiger partial charge in [-0.1, -0.05) is 104 Å². The zero-order chi connectivity index (χ0) is 28.1. The lowest BCUT2D eigenvalue weighted by molar-refractivity contribution is -0.401. The first-order valence-corrected chi connectivity index (χ1v) is 14.4. The fourth-order valence-electron chi connectivity index (χ4n) is 6.68. The van der Waals surface area contributed by atoms with Crippen molar-refractivity contribution >= 4 is 50.2 Å². The summed E-state index contributed by atoms with van der Waals surface area (Å²) < 4.78 is 2.30. The smallest absolute Gasteiger partial charge is 0.210 e. The molecule has 0 bridgehead atoms. The van der Waals surface area contributed by atoms with Gasteiger partial charge in [-0.3, -0.25) is 0 Å². The first kappa shape index (κ1) is 26.3. The number of rotatable bonds is 5. The normalized spacial score (nSPS) is 19.9. The molecule has 2 aliphatic heterocycles. The van der Waals surface area contributed by atoms with Crippen LogP contribution in [0.2, 0.25) is 0 Å². The fourth-order valence-corrected chi connectivity index (χ4v) is 6.83. The molecule has 1 N–H and O–H groups in total. The number of benzene rings is 4. The van der Waals surface area contributed by atoms with E-state index in [4.69, 9.17) is 11.6 Å². The Morgan fingerprint density at radius 3 is 2.17 bits per heavy atom. The molecule has 2 aliphatic rings. The minimum Gasteiger partial charge on any atom is -0.378 e. The second-order valence-electron chi connectivity index (χ2n) is 12.0. The van der Waals surface area contributed by atoms with Gasteiger partial charge in [0.25, 0.3) is 0 Å². The minimum absolute atomic E-state index is 0.0247. The van der Waals surface area contributed by atoms with E-state index in [0.29, 0.717) is 5.03 Å². The van der Waals surface area contributed by atoms with Crippen molar-refractivity contribution in [3.05, 3.63) is 131 Å². The Morgan fingerprint density at radius 2 is 1.45 bits per heavy atom. The molecule has 0 aromatic heterocycles. The van der Waals surface area contributed by atoms with Gasteiger partial charge in [-0.15, -0.1) is 0 Å². The second kappa shape index (κ2) is 9.94. The summed E-state index contributed by atoms with van der Waals surface area (Å²) >= 11 is 6.58. The van der Waals surface area contributed by atoms with Crippen LogP contribution < -0.4 is 5.32 Å². The van der Waals surface area contributed by atoms with Crippen molar-refractivity contribution in [2.75, 3.05) is 12.4 Å². The molecule has 0 fully saturated rings. The summed E-state index contributed by atoms with van der Waals surface area (Å²) in [5, 5.41) is 9.62. The van der Waals surface area contributed by atoms with E-state index in [-0.39, 0.29) is 16.9 Å². The molecule has 40 heavy (non-hydrogen) atoms. The van der Waals surface area contributed by atoms with Gasteiger partial charge in [0, 0.05) is 33.8 Å². The second-order valence-corrected chi connectivity index (χ2v) is 12.4. The lowest BCUT2D eigenvalue weighted by Crippen LogP contribution is -2.31. The van der Waals surface area contributed by atoms with Crippen molar-refractivity contribution in [1.29, 1.82) is 0 Å². The zero-order valence-corrected chi connectivity index (χ0v) is 24.6. The average Bonchev–Trinajstić information content (AvgIpc) is 3.32. The van der Waals surface area contributed by atoms with E-state index in [2.05, 4.69) is 142 Å². The maximum atomic E-state index is 6.58. The quantitative estimate of drug-likeness (QED) is 0.195. The topological polar surface area (TPSA) is 15.0 Å². The Bertz CT molecular complexity index is 1800. The number of fused-ring (bicyclic) bond motifs is 6. The summed E-state index contributed by atoms with van der Waals surface area (Å²) in [6.45, 7) is 9.23. The maximum Gasteiger partial charge on any atom is 0.210 e. The number of hydrogen-bond acceptors (Lipinski definition) is 1. The van der Waals surface area contributed by atoms with Crippen molar-refractivity contribution in [2.45, 2.75) is 44.6 Å². The molecule has 2 heterocycles. The van der Waals surface area contributed by atoms with Gasteiger partial charge in [-0.2, -0.15) is 4.58 Å². The van der Waals surface area contributed by atoms with Gasteiger partial charge in [-0.25, -0.2) is 0 Å². The van der Waals surface area contributed by atoms with Crippen LogP contribution >= 0.6 is 11.6 Å². The Morgan fingerprint density at radius 1 is 0.800 bits per heavy atom. The predicted octanol–water partition coefficient (Wildman–Crippen LogP) is 9.56. The van der Waals surface area contributed by atoms with Gasteiger partial charge in [0.05, 0.1) is 11.5 Å². The summed E-state index contributed by atoms with van der Waals surface area (Å²) in [7, 11) is 2.15. The fraction of sp³-hybridized carbons (Fsp3) is 0.216. The van der Waals surface area contributed by atoms with E-state index >= 15 is 0 Å². The predicted molar refractivity (Wildman–Crippen MR) is 174 cm³/mol. The van der Waals surface area contributed by atoms with Crippen LogP contribution in [0.3, 0.4) is 0 Å². The molecule has 2 nitrogen and oxygen atoms in total. The first-order chi connectivity index (χ1) is 19.2.